The molecule has 0 aliphatic rings. The summed E-state index contributed by atoms with van der Waals surface area (Å²) in [5, 5.41) is 9.07. The molecule has 1 aromatic heterocycles. The highest BCUT2D eigenvalue weighted by Gasteiger charge is 2.30. The van der Waals surface area contributed by atoms with Gasteiger partial charge in [-0.1, -0.05) is 11.8 Å². The molecule has 5 nitrogen and oxygen atoms in total. The van der Waals surface area contributed by atoms with Crippen LogP contribution in [-0.2, 0) is 11.0 Å². The van der Waals surface area contributed by atoms with E-state index in [1.165, 1.54) is 12.1 Å². The van der Waals surface area contributed by atoms with Crippen molar-refractivity contribution < 1.29 is 18.0 Å². The van der Waals surface area contributed by atoms with Crippen LogP contribution in [0, 0.1) is 6.92 Å². The maximum Gasteiger partial charge on any atom is 0.416 e. The molecule has 1 heterocycles. The van der Waals surface area contributed by atoms with Gasteiger partial charge in [-0.25, -0.2) is 4.98 Å². The second-order valence-electron chi connectivity index (χ2n) is 4.53. The third-order valence-corrected chi connectivity index (χ3v) is 3.67. The van der Waals surface area contributed by atoms with Crippen LogP contribution >= 0.6 is 11.8 Å². The zero-order valence-corrected chi connectivity index (χ0v) is 12.5. The number of carbonyl (C=O) groups is 1. The molecule has 0 bridgehead atoms. The molecule has 118 valence electrons. The van der Waals surface area contributed by atoms with E-state index in [0.717, 1.165) is 23.9 Å². The van der Waals surface area contributed by atoms with E-state index in [4.69, 9.17) is 0 Å². The number of alkyl halides is 3. The van der Waals surface area contributed by atoms with Crippen molar-refractivity contribution in [1.29, 1.82) is 0 Å². The number of benzene rings is 1. The topological polar surface area (TPSA) is 70.7 Å². The van der Waals surface area contributed by atoms with Crippen LogP contribution in [0.1, 0.15) is 18.3 Å². The second-order valence-corrected chi connectivity index (χ2v) is 5.84. The zero-order chi connectivity index (χ0) is 16.3. The second kappa shape index (κ2) is 6.39. The number of hydrogen-bond acceptors (Lipinski definition) is 4. The molecule has 9 heteroatoms. The molecule has 1 aromatic carbocycles. The highest BCUT2D eigenvalue weighted by Crippen LogP contribution is 2.30. The number of aromatic nitrogens is 3. The van der Waals surface area contributed by atoms with Crippen LogP contribution in [0.5, 0.6) is 0 Å². The molecule has 0 radical (unpaired) electrons. The number of aryl methyl sites for hydroxylation is 1. The monoisotopic (exact) mass is 330 g/mol. The van der Waals surface area contributed by atoms with Crippen LogP contribution in [0.4, 0.5) is 18.9 Å². The number of nitrogens with zero attached hydrogens (tertiary/aromatic N) is 2. The Bertz CT molecular complexity index is 654. The molecule has 1 amide bonds. The number of hydrogen-bond donors (Lipinski definition) is 2. The minimum atomic E-state index is -4.39. The molecule has 0 spiro atoms. The largest absolute Gasteiger partial charge is 0.416 e. The van der Waals surface area contributed by atoms with Crippen LogP contribution in [0.3, 0.4) is 0 Å². The summed E-state index contributed by atoms with van der Waals surface area (Å²) in [5.41, 5.74) is -0.458. The minimum absolute atomic E-state index is 0.302. The first kappa shape index (κ1) is 16.3. The summed E-state index contributed by atoms with van der Waals surface area (Å²) in [6, 6.07) is 4.28. The van der Waals surface area contributed by atoms with Gasteiger partial charge in [0.15, 0.2) is 0 Å². The van der Waals surface area contributed by atoms with Crippen molar-refractivity contribution >= 4 is 23.4 Å². The molecule has 0 aliphatic carbocycles. The molecule has 2 aromatic rings. The van der Waals surface area contributed by atoms with Gasteiger partial charge in [-0.3, -0.25) is 9.89 Å². The lowest BCUT2D eigenvalue weighted by Gasteiger charge is -2.11. The molecule has 0 saturated heterocycles. The van der Waals surface area contributed by atoms with Gasteiger partial charge >= 0.3 is 6.18 Å². The summed E-state index contributed by atoms with van der Waals surface area (Å²) in [4.78, 5) is 16.1. The zero-order valence-electron chi connectivity index (χ0n) is 11.7. The number of anilines is 1. The van der Waals surface area contributed by atoms with Crippen molar-refractivity contribution in [3.63, 3.8) is 0 Å². The van der Waals surface area contributed by atoms with Crippen molar-refractivity contribution in [2.45, 2.75) is 30.4 Å². The normalized spacial score (nSPS) is 13.0. The van der Waals surface area contributed by atoms with Crippen LogP contribution in [0.15, 0.2) is 29.4 Å². The first-order valence-corrected chi connectivity index (χ1v) is 7.17. The van der Waals surface area contributed by atoms with Gasteiger partial charge in [0.25, 0.3) is 0 Å². The molecule has 2 N–H and O–H groups in total. The van der Waals surface area contributed by atoms with Gasteiger partial charge < -0.3 is 5.32 Å². The number of aromatic amines is 1. The average Bonchev–Trinajstić information content (AvgIpc) is 2.83. The lowest BCUT2D eigenvalue weighted by molar-refractivity contribution is -0.137. The highest BCUT2D eigenvalue weighted by atomic mass is 32.2. The Balaban J connectivity index is 1.96. The van der Waals surface area contributed by atoms with Gasteiger partial charge in [0.05, 0.1) is 10.8 Å². The summed E-state index contributed by atoms with van der Waals surface area (Å²) in [6.45, 7) is 3.40. The van der Waals surface area contributed by atoms with E-state index in [0.29, 0.717) is 16.7 Å². The Labute approximate surface area is 128 Å². The Kier molecular flexibility index (Phi) is 4.74. The Hall–Kier alpha value is -2.03. The standard InChI is InChI=1S/C13H13F3N4OS/c1-7(22-12-17-8(2)19-20-12)11(21)18-10-5-3-9(4-6-10)13(14,15)16/h3-7H,1-2H3,(H,18,21)(H,17,19,20)/t7-/m0/s1. The molecular weight excluding hydrogens is 317 g/mol. The number of nitrogens with one attached hydrogen (secondary N) is 2. The van der Waals surface area contributed by atoms with Gasteiger partial charge in [0, 0.05) is 5.69 Å². The van der Waals surface area contributed by atoms with E-state index in [1.54, 1.807) is 13.8 Å². The predicted octanol–water partition coefficient (Wildman–Crippen LogP) is 3.25. The molecule has 0 unspecified atom stereocenters. The Morgan fingerprint density at radius 3 is 2.45 bits per heavy atom. The van der Waals surface area contributed by atoms with Gasteiger partial charge in [0.2, 0.25) is 11.1 Å². The third-order valence-electron chi connectivity index (χ3n) is 2.71. The molecule has 22 heavy (non-hydrogen) atoms. The van der Waals surface area contributed by atoms with Gasteiger partial charge in [-0.05, 0) is 38.1 Å². The van der Waals surface area contributed by atoms with Crippen LogP contribution in [0.2, 0.25) is 0 Å². The van der Waals surface area contributed by atoms with E-state index < -0.39 is 17.0 Å². The van der Waals surface area contributed by atoms with Crippen LogP contribution < -0.4 is 5.32 Å². The molecule has 2 rings (SSSR count). The molecule has 0 aliphatic heterocycles. The summed E-state index contributed by atoms with van der Waals surface area (Å²) in [5.74, 6) is 0.296. The van der Waals surface area contributed by atoms with Gasteiger partial charge in [0.1, 0.15) is 5.82 Å². The smallest absolute Gasteiger partial charge is 0.325 e. The van der Waals surface area contributed by atoms with E-state index in [-0.39, 0.29) is 5.91 Å². The maximum atomic E-state index is 12.4. The maximum absolute atomic E-state index is 12.4. The Morgan fingerprint density at radius 1 is 1.32 bits per heavy atom. The van der Waals surface area contributed by atoms with Crippen molar-refractivity contribution in [2.75, 3.05) is 5.32 Å². The predicted molar refractivity (Wildman–Crippen MR) is 76.5 cm³/mol. The average molecular weight is 330 g/mol. The summed E-state index contributed by atoms with van der Waals surface area (Å²) < 4.78 is 37.3. The number of carbonyl (C=O) groups excluding carboxylic acids is 1. The summed E-state index contributed by atoms with van der Waals surface area (Å²) >= 11 is 1.15. The molecule has 0 saturated carbocycles. The fourth-order valence-corrected chi connectivity index (χ4v) is 2.34. The number of halogens is 3. The lowest BCUT2D eigenvalue weighted by Crippen LogP contribution is -2.22. The molecule has 1 atom stereocenters. The highest BCUT2D eigenvalue weighted by molar-refractivity contribution is 8.00. The first-order valence-electron chi connectivity index (χ1n) is 6.29. The number of H-pyrrole nitrogens is 1. The lowest BCUT2D eigenvalue weighted by atomic mass is 10.2. The third kappa shape index (κ3) is 4.23. The van der Waals surface area contributed by atoms with Crippen molar-refractivity contribution in [3.05, 3.63) is 35.7 Å². The SMILES string of the molecule is Cc1nc(S[C@@H](C)C(=O)Nc2ccc(C(F)(F)F)cc2)n[nH]1. The van der Waals surface area contributed by atoms with Crippen LogP contribution in [0.25, 0.3) is 0 Å². The Morgan fingerprint density at radius 2 is 1.95 bits per heavy atom. The molecule has 0 fully saturated rings. The van der Waals surface area contributed by atoms with E-state index in [9.17, 15) is 18.0 Å². The fraction of sp³-hybridized carbons (Fsp3) is 0.308. The first-order chi connectivity index (χ1) is 10.3. The summed E-state index contributed by atoms with van der Waals surface area (Å²) in [6.07, 6.45) is -4.39. The molecular formula is C13H13F3N4OS. The minimum Gasteiger partial charge on any atom is -0.325 e. The number of thioether (sulfide) groups is 1. The van der Waals surface area contributed by atoms with E-state index in [1.807, 2.05) is 0 Å². The number of amides is 1. The summed E-state index contributed by atoms with van der Waals surface area (Å²) in [7, 11) is 0. The van der Waals surface area contributed by atoms with Gasteiger partial charge in [-0.15, -0.1) is 5.10 Å². The van der Waals surface area contributed by atoms with Gasteiger partial charge in [-0.2, -0.15) is 13.2 Å². The van der Waals surface area contributed by atoms with E-state index >= 15 is 0 Å². The van der Waals surface area contributed by atoms with Crippen molar-refractivity contribution in [1.82, 2.24) is 15.2 Å². The van der Waals surface area contributed by atoms with Crippen molar-refractivity contribution in [2.24, 2.45) is 0 Å². The van der Waals surface area contributed by atoms with E-state index in [2.05, 4.69) is 20.5 Å². The quantitative estimate of drug-likeness (QED) is 0.844. The fourth-order valence-electron chi connectivity index (χ4n) is 1.57. The number of rotatable bonds is 4. The van der Waals surface area contributed by atoms with Crippen LogP contribution in [-0.4, -0.2) is 26.3 Å². The van der Waals surface area contributed by atoms with Crippen molar-refractivity contribution in [3.8, 4) is 0 Å².